The van der Waals surface area contributed by atoms with E-state index in [1.807, 2.05) is 6.66 Å². The molecule has 0 aromatic heterocycles. The van der Waals surface area contributed by atoms with Crippen LogP contribution in [0.3, 0.4) is 0 Å². The van der Waals surface area contributed by atoms with Gasteiger partial charge in [-0.05, 0) is 25.9 Å². The number of hydrogen-bond acceptors (Lipinski definition) is 3. The molecular formula is C8H16NO2P. The molecule has 0 unspecified atom stereocenters. The van der Waals surface area contributed by atoms with Gasteiger partial charge in [-0.1, -0.05) is 0 Å². The first kappa shape index (κ1) is 8.89. The zero-order valence-corrected chi connectivity index (χ0v) is 8.40. The third-order valence-electron chi connectivity index (χ3n) is 2.77. The lowest BCUT2D eigenvalue weighted by molar-refractivity contribution is 0.0130. The Morgan fingerprint density at radius 2 is 1.75 bits per heavy atom. The van der Waals surface area contributed by atoms with Gasteiger partial charge in [0.1, 0.15) is 0 Å². The standard InChI is InChI=1S/C8H16NO2P/c1-12-10-6-8(7-11-12)2-4-9-5-3-8/h9H,2-7H2,1H3. The monoisotopic (exact) mass is 189 g/mol. The molecule has 70 valence electrons. The van der Waals surface area contributed by atoms with Crippen LogP contribution in [0.25, 0.3) is 0 Å². The van der Waals surface area contributed by atoms with Crippen LogP contribution in [0.4, 0.5) is 0 Å². The number of piperidine rings is 1. The molecule has 0 amide bonds. The Bertz CT molecular complexity index is 149. The van der Waals surface area contributed by atoms with Gasteiger partial charge in [-0.25, -0.2) is 0 Å². The topological polar surface area (TPSA) is 30.5 Å². The number of nitrogens with one attached hydrogen (secondary N) is 1. The molecule has 2 aliphatic rings. The lowest BCUT2D eigenvalue weighted by Crippen LogP contribution is -2.44. The number of hydrogen-bond donors (Lipinski definition) is 1. The van der Waals surface area contributed by atoms with Crippen LogP contribution < -0.4 is 5.32 Å². The van der Waals surface area contributed by atoms with Crippen LogP contribution in [0.2, 0.25) is 0 Å². The summed E-state index contributed by atoms with van der Waals surface area (Å²) in [5.74, 6) is 0. The average molecular weight is 189 g/mol. The predicted octanol–water partition coefficient (Wildman–Crippen LogP) is 1.34. The van der Waals surface area contributed by atoms with E-state index < -0.39 is 8.38 Å². The lowest BCUT2D eigenvalue weighted by atomic mass is 9.81. The fraction of sp³-hybridized carbons (Fsp3) is 1.00. The Balaban J connectivity index is 1.92. The van der Waals surface area contributed by atoms with E-state index in [-0.39, 0.29) is 0 Å². The van der Waals surface area contributed by atoms with Crippen molar-refractivity contribution in [3.8, 4) is 0 Å². The highest BCUT2D eigenvalue weighted by Gasteiger charge is 2.37. The van der Waals surface area contributed by atoms with E-state index in [1.165, 1.54) is 12.8 Å². The molecule has 1 N–H and O–H groups in total. The SMILES string of the molecule is CP1OCC2(CCNCC2)CO1. The average Bonchev–Trinajstić information content (AvgIpc) is 2.13. The zero-order chi connectivity index (χ0) is 8.44. The van der Waals surface area contributed by atoms with E-state index in [2.05, 4.69) is 5.32 Å². The second-order valence-corrected chi connectivity index (χ2v) is 5.13. The quantitative estimate of drug-likeness (QED) is 0.583. The normalized spacial score (nSPS) is 30.8. The Morgan fingerprint density at radius 1 is 1.17 bits per heavy atom. The van der Waals surface area contributed by atoms with Crippen molar-refractivity contribution in [1.82, 2.24) is 5.32 Å². The van der Waals surface area contributed by atoms with Crippen molar-refractivity contribution < 1.29 is 9.05 Å². The van der Waals surface area contributed by atoms with Crippen LogP contribution in [-0.2, 0) is 9.05 Å². The molecule has 2 saturated heterocycles. The van der Waals surface area contributed by atoms with Gasteiger partial charge < -0.3 is 14.4 Å². The highest BCUT2D eigenvalue weighted by Crippen LogP contribution is 2.45. The summed E-state index contributed by atoms with van der Waals surface area (Å²) in [6.45, 7) is 6.10. The van der Waals surface area contributed by atoms with Gasteiger partial charge in [0, 0.05) is 12.1 Å². The highest BCUT2D eigenvalue weighted by atomic mass is 31.2. The smallest absolute Gasteiger partial charge is 0.167 e. The Hall–Kier alpha value is 0.310. The van der Waals surface area contributed by atoms with E-state index in [0.29, 0.717) is 5.41 Å². The molecule has 2 fully saturated rings. The lowest BCUT2D eigenvalue weighted by Gasteiger charge is -2.41. The molecule has 0 aliphatic carbocycles. The maximum Gasteiger partial charge on any atom is 0.167 e. The van der Waals surface area contributed by atoms with Crippen molar-refractivity contribution in [2.45, 2.75) is 12.8 Å². The third-order valence-corrected chi connectivity index (χ3v) is 3.75. The van der Waals surface area contributed by atoms with E-state index >= 15 is 0 Å². The minimum Gasteiger partial charge on any atom is -0.334 e. The van der Waals surface area contributed by atoms with Crippen molar-refractivity contribution in [3.63, 3.8) is 0 Å². The van der Waals surface area contributed by atoms with Crippen molar-refractivity contribution in [1.29, 1.82) is 0 Å². The second kappa shape index (κ2) is 3.59. The largest absolute Gasteiger partial charge is 0.334 e. The molecule has 0 aromatic carbocycles. The van der Waals surface area contributed by atoms with Gasteiger partial charge in [-0.3, -0.25) is 0 Å². The molecule has 4 heteroatoms. The molecule has 0 radical (unpaired) electrons. The molecule has 3 nitrogen and oxygen atoms in total. The highest BCUT2D eigenvalue weighted by molar-refractivity contribution is 7.46. The van der Waals surface area contributed by atoms with Crippen LogP contribution in [0.1, 0.15) is 12.8 Å². The molecule has 1 spiro atoms. The summed E-state index contributed by atoms with van der Waals surface area (Å²) in [4.78, 5) is 0. The molecule has 2 heterocycles. The third kappa shape index (κ3) is 1.80. The van der Waals surface area contributed by atoms with Gasteiger partial charge in [0.2, 0.25) is 0 Å². The van der Waals surface area contributed by atoms with Crippen molar-refractivity contribution in [3.05, 3.63) is 0 Å². The van der Waals surface area contributed by atoms with Crippen LogP contribution in [0.5, 0.6) is 0 Å². The van der Waals surface area contributed by atoms with Crippen molar-refractivity contribution >= 4 is 8.38 Å². The van der Waals surface area contributed by atoms with E-state index in [1.54, 1.807) is 0 Å². The molecule has 0 atom stereocenters. The van der Waals surface area contributed by atoms with Crippen LogP contribution in [0, 0.1) is 5.41 Å². The summed E-state index contributed by atoms with van der Waals surface area (Å²) < 4.78 is 11.2. The first-order valence-electron chi connectivity index (χ1n) is 4.51. The first-order chi connectivity index (χ1) is 5.81. The molecule has 12 heavy (non-hydrogen) atoms. The van der Waals surface area contributed by atoms with Gasteiger partial charge in [0.25, 0.3) is 0 Å². The summed E-state index contributed by atoms with van der Waals surface area (Å²) in [5, 5.41) is 3.36. The molecule has 2 aliphatic heterocycles. The van der Waals surface area contributed by atoms with Gasteiger partial charge in [-0.2, -0.15) is 0 Å². The van der Waals surface area contributed by atoms with Crippen molar-refractivity contribution in [2.24, 2.45) is 5.41 Å². The summed E-state index contributed by atoms with van der Waals surface area (Å²) >= 11 is 0. The van der Waals surface area contributed by atoms with Crippen molar-refractivity contribution in [2.75, 3.05) is 33.0 Å². The molecule has 2 rings (SSSR count). The van der Waals surface area contributed by atoms with E-state index in [4.69, 9.17) is 9.05 Å². The molecule has 0 aromatic rings. The molecule has 0 saturated carbocycles. The van der Waals surface area contributed by atoms with E-state index in [0.717, 1.165) is 26.3 Å². The fourth-order valence-corrected chi connectivity index (χ4v) is 2.77. The van der Waals surface area contributed by atoms with Crippen LogP contribution in [0.15, 0.2) is 0 Å². The number of rotatable bonds is 0. The predicted molar refractivity (Wildman–Crippen MR) is 49.3 cm³/mol. The zero-order valence-electron chi connectivity index (χ0n) is 7.51. The summed E-state index contributed by atoms with van der Waals surface area (Å²) in [7, 11) is -0.563. The van der Waals surface area contributed by atoms with Gasteiger partial charge in [0.05, 0.1) is 13.2 Å². The minimum atomic E-state index is -0.563. The van der Waals surface area contributed by atoms with Crippen LogP contribution >= 0.6 is 8.38 Å². The Morgan fingerprint density at radius 3 is 2.33 bits per heavy atom. The summed E-state index contributed by atoms with van der Waals surface area (Å²) in [6, 6.07) is 0. The minimum absolute atomic E-state index is 0.347. The van der Waals surface area contributed by atoms with Gasteiger partial charge >= 0.3 is 0 Å². The summed E-state index contributed by atoms with van der Waals surface area (Å²) in [6.07, 6.45) is 2.41. The fourth-order valence-electron chi connectivity index (χ4n) is 1.78. The molecular weight excluding hydrogens is 173 g/mol. The Kier molecular flexibility index (Phi) is 2.66. The molecule has 0 bridgehead atoms. The maximum atomic E-state index is 5.59. The van der Waals surface area contributed by atoms with Gasteiger partial charge in [-0.15, -0.1) is 0 Å². The summed E-state index contributed by atoms with van der Waals surface area (Å²) in [5.41, 5.74) is 0.347. The van der Waals surface area contributed by atoms with E-state index in [9.17, 15) is 0 Å². The first-order valence-corrected chi connectivity index (χ1v) is 6.14. The Labute approximate surface area is 74.7 Å². The van der Waals surface area contributed by atoms with Crippen LogP contribution in [-0.4, -0.2) is 33.0 Å². The second-order valence-electron chi connectivity index (χ2n) is 3.74. The maximum absolute atomic E-state index is 5.59. The van der Waals surface area contributed by atoms with Gasteiger partial charge in [0.15, 0.2) is 8.38 Å².